The molecule has 7 nitrogen and oxygen atoms in total. The van der Waals surface area contributed by atoms with Crippen LogP contribution in [0.3, 0.4) is 0 Å². The molecule has 0 aliphatic carbocycles. The van der Waals surface area contributed by atoms with Gasteiger partial charge in [0.15, 0.2) is 5.65 Å². The van der Waals surface area contributed by atoms with Gasteiger partial charge in [-0.3, -0.25) is 0 Å². The van der Waals surface area contributed by atoms with E-state index in [0.717, 1.165) is 22.3 Å². The molecule has 2 N–H and O–H groups in total. The minimum Gasteiger partial charge on any atom is -0.475 e. The number of aromatic nitrogens is 4. The van der Waals surface area contributed by atoms with Gasteiger partial charge >= 0.3 is 0 Å². The zero-order valence-corrected chi connectivity index (χ0v) is 13.8. The van der Waals surface area contributed by atoms with E-state index in [4.69, 9.17) is 9.84 Å². The molecule has 0 atom stereocenters. The first kappa shape index (κ1) is 16.2. The number of anilines is 1. The zero-order chi connectivity index (χ0) is 16.9. The summed E-state index contributed by atoms with van der Waals surface area (Å²) in [6.07, 6.45) is 5.41. The molecule has 126 valence electrons. The molecule has 0 fully saturated rings. The normalized spacial score (nSPS) is 11.2. The Morgan fingerprint density at radius 2 is 2.08 bits per heavy atom. The fourth-order valence-corrected chi connectivity index (χ4v) is 2.38. The number of aliphatic hydroxyl groups is 1. The van der Waals surface area contributed by atoms with Crippen molar-refractivity contribution >= 4 is 16.7 Å². The number of fused-ring (bicyclic) bond motifs is 1. The van der Waals surface area contributed by atoms with Crippen LogP contribution >= 0.6 is 0 Å². The molecule has 0 saturated carbocycles. The SMILES string of the molecule is CC(C)n1ncc2cc(CNc3ccc(OCCO)nc3)cnc21. The summed E-state index contributed by atoms with van der Waals surface area (Å²) in [6.45, 7) is 5.05. The van der Waals surface area contributed by atoms with Gasteiger partial charge in [0.05, 0.1) is 24.7 Å². The van der Waals surface area contributed by atoms with Crippen molar-refractivity contribution in [2.75, 3.05) is 18.5 Å². The predicted octanol–water partition coefficient (Wildman–Crippen LogP) is 2.39. The van der Waals surface area contributed by atoms with E-state index in [1.807, 2.05) is 23.1 Å². The first-order valence-corrected chi connectivity index (χ1v) is 7.93. The molecule has 0 amide bonds. The Labute approximate surface area is 140 Å². The van der Waals surface area contributed by atoms with E-state index in [9.17, 15) is 0 Å². The Morgan fingerprint density at radius 1 is 1.21 bits per heavy atom. The lowest BCUT2D eigenvalue weighted by molar-refractivity contribution is 0.196. The Balaban J connectivity index is 1.65. The van der Waals surface area contributed by atoms with E-state index in [1.165, 1.54) is 0 Å². The van der Waals surface area contributed by atoms with E-state index < -0.39 is 0 Å². The largest absolute Gasteiger partial charge is 0.475 e. The average molecular weight is 327 g/mol. The maximum atomic E-state index is 8.72. The molecule has 0 saturated heterocycles. The molecule has 0 radical (unpaired) electrons. The molecule has 0 spiro atoms. The highest BCUT2D eigenvalue weighted by atomic mass is 16.5. The van der Waals surface area contributed by atoms with Crippen molar-refractivity contribution in [3.05, 3.63) is 42.4 Å². The first-order valence-electron chi connectivity index (χ1n) is 7.93. The lowest BCUT2D eigenvalue weighted by Crippen LogP contribution is -2.05. The van der Waals surface area contributed by atoms with Gasteiger partial charge in [-0.15, -0.1) is 0 Å². The van der Waals surface area contributed by atoms with Crippen molar-refractivity contribution < 1.29 is 9.84 Å². The van der Waals surface area contributed by atoms with Crippen LogP contribution in [0, 0.1) is 0 Å². The van der Waals surface area contributed by atoms with Crippen LogP contribution in [0.2, 0.25) is 0 Å². The van der Waals surface area contributed by atoms with E-state index >= 15 is 0 Å². The van der Waals surface area contributed by atoms with Gasteiger partial charge in [-0.1, -0.05) is 0 Å². The molecule has 0 aliphatic heterocycles. The Hall–Kier alpha value is -2.67. The van der Waals surface area contributed by atoms with Crippen LogP contribution in [0.25, 0.3) is 11.0 Å². The average Bonchev–Trinajstić information content (AvgIpc) is 3.02. The monoisotopic (exact) mass is 327 g/mol. The third-order valence-corrected chi connectivity index (χ3v) is 3.55. The molecular formula is C17H21N5O2. The summed E-state index contributed by atoms with van der Waals surface area (Å²) in [5.74, 6) is 0.499. The van der Waals surface area contributed by atoms with Crippen LogP contribution < -0.4 is 10.1 Å². The summed E-state index contributed by atoms with van der Waals surface area (Å²) in [5.41, 5.74) is 2.87. The van der Waals surface area contributed by atoms with E-state index in [-0.39, 0.29) is 19.3 Å². The second-order valence-corrected chi connectivity index (χ2v) is 5.75. The topological polar surface area (TPSA) is 85.1 Å². The van der Waals surface area contributed by atoms with Crippen molar-refractivity contribution in [2.24, 2.45) is 0 Å². The molecule has 3 aromatic heterocycles. The second kappa shape index (κ2) is 7.27. The van der Waals surface area contributed by atoms with Gasteiger partial charge < -0.3 is 15.2 Å². The zero-order valence-electron chi connectivity index (χ0n) is 13.8. The number of rotatable bonds is 7. The Kier molecular flexibility index (Phi) is 4.90. The fraction of sp³-hybridized carbons (Fsp3) is 0.353. The quantitative estimate of drug-likeness (QED) is 0.693. The van der Waals surface area contributed by atoms with Crippen molar-refractivity contribution in [1.29, 1.82) is 0 Å². The van der Waals surface area contributed by atoms with Gasteiger partial charge in [-0.2, -0.15) is 5.10 Å². The highest BCUT2D eigenvalue weighted by Gasteiger charge is 2.07. The van der Waals surface area contributed by atoms with Crippen LogP contribution in [-0.4, -0.2) is 38.1 Å². The standard InChI is InChI=1S/C17H21N5O2/c1-12(2)22-17-14(10-21-22)7-13(9-20-17)8-18-15-3-4-16(19-11-15)24-6-5-23/h3-4,7,9-12,18,23H,5-6,8H2,1-2H3. The highest BCUT2D eigenvalue weighted by molar-refractivity contribution is 5.75. The summed E-state index contributed by atoms with van der Waals surface area (Å²) in [6, 6.07) is 6.04. The molecule has 7 heteroatoms. The number of pyridine rings is 2. The summed E-state index contributed by atoms with van der Waals surface area (Å²) in [5, 5.41) is 17.4. The van der Waals surface area contributed by atoms with Crippen molar-refractivity contribution in [2.45, 2.75) is 26.4 Å². The minimum absolute atomic E-state index is 0.0233. The van der Waals surface area contributed by atoms with Crippen molar-refractivity contribution in [3.8, 4) is 5.88 Å². The van der Waals surface area contributed by atoms with Gasteiger partial charge in [0.25, 0.3) is 0 Å². The van der Waals surface area contributed by atoms with Gasteiger partial charge in [0.2, 0.25) is 5.88 Å². The van der Waals surface area contributed by atoms with E-state index in [1.54, 1.807) is 12.3 Å². The summed E-state index contributed by atoms with van der Waals surface area (Å²) in [7, 11) is 0. The summed E-state index contributed by atoms with van der Waals surface area (Å²) < 4.78 is 7.15. The molecule has 3 heterocycles. The molecule has 3 rings (SSSR count). The number of hydrogen-bond donors (Lipinski definition) is 2. The molecule has 0 aliphatic rings. The molecular weight excluding hydrogens is 306 g/mol. The lowest BCUT2D eigenvalue weighted by atomic mass is 10.2. The molecule has 0 bridgehead atoms. The third-order valence-electron chi connectivity index (χ3n) is 3.55. The Morgan fingerprint density at radius 3 is 2.79 bits per heavy atom. The maximum absolute atomic E-state index is 8.72. The van der Waals surface area contributed by atoms with Gasteiger partial charge in [0.1, 0.15) is 6.61 Å². The fourth-order valence-electron chi connectivity index (χ4n) is 2.38. The first-order chi connectivity index (χ1) is 11.7. The number of hydrogen-bond acceptors (Lipinski definition) is 6. The van der Waals surface area contributed by atoms with Crippen LogP contribution in [-0.2, 0) is 6.54 Å². The van der Waals surface area contributed by atoms with Crippen LogP contribution in [0.4, 0.5) is 5.69 Å². The van der Waals surface area contributed by atoms with Gasteiger partial charge in [-0.05, 0) is 31.5 Å². The summed E-state index contributed by atoms with van der Waals surface area (Å²) in [4.78, 5) is 8.70. The van der Waals surface area contributed by atoms with Crippen molar-refractivity contribution in [1.82, 2.24) is 19.7 Å². The molecule has 24 heavy (non-hydrogen) atoms. The number of nitrogens with zero attached hydrogens (tertiary/aromatic N) is 4. The molecule has 0 unspecified atom stereocenters. The van der Waals surface area contributed by atoms with Crippen LogP contribution in [0.1, 0.15) is 25.5 Å². The number of nitrogens with one attached hydrogen (secondary N) is 1. The number of ether oxygens (including phenoxy) is 1. The van der Waals surface area contributed by atoms with Gasteiger partial charge in [-0.25, -0.2) is 14.6 Å². The minimum atomic E-state index is -0.0233. The second-order valence-electron chi connectivity index (χ2n) is 5.75. The molecule has 0 aromatic carbocycles. The van der Waals surface area contributed by atoms with Crippen molar-refractivity contribution in [3.63, 3.8) is 0 Å². The van der Waals surface area contributed by atoms with Gasteiger partial charge in [0, 0.05) is 30.2 Å². The molecule has 3 aromatic rings. The Bertz CT molecular complexity index is 798. The number of aliphatic hydroxyl groups excluding tert-OH is 1. The van der Waals surface area contributed by atoms with E-state index in [0.29, 0.717) is 12.4 Å². The van der Waals surface area contributed by atoms with Crippen LogP contribution in [0.5, 0.6) is 5.88 Å². The maximum Gasteiger partial charge on any atom is 0.213 e. The smallest absolute Gasteiger partial charge is 0.213 e. The predicted molar refractivity (Wildman–Crippen MR) is 92.1 cm³/mol. The summed E-state index contributed by atoms with van der Waals surface area (Å²) >= 11 is 0. The highest BCUT2D eigenvalue weighted by Crippen LogP contribution is 2.18. The third kappa shape index (κ3) is 3.62. The van der Waals surface area contributed by atoms with Crippen LogP contribution in [0.15, 0.2) is 36.8 Å². The van der Waals surface area contributed by atoms with E-state index in [2.05, 4.69) is 40.3 Å². The lowest BCUT2D eigenvalue weighted by Gasteiger charge is -2.09.